The normalized spacial score (nSPS) is 16.3. The number of fused-ring (bicyclic) bond motifs is 4. The van der Waals surface area contributed by atoms with E-state index in [-0.39, 0.29) is 23.9 Å². The number of nitrogens with zero attached hydrogens (tertiary/aromatic N) is 1. The van der Waals surface area contributed by atoms with Crippen molar-refractivity contribution in [3.8, 4) is 5.75 Å². The van der Waals surface area contributed by atoms with E-state index in [1.165, 1.54) is 0 Å². The molecule has 1 aliphatic heterocycles. The van der Waals surface area contributed by atoms with Gasteiger partial charge in [-0.1, -0.05) is 54.6 Å². The highest BCUT2D eigenvalue weighted by molar-refractivity contribution is 5.93. The minimum absolute atomic E-state index is 0.117. The molecule has 0 spiro atoms. The lowest BCUT2D eigenvalue weighted by Gasteiger charge is -2.27. The fraction of sp³-hybridized carbons (Fsp3) is 0.130. The Morgan fingerprint density at radius 3 is 2.44 bits per heavy atom. The molecular weight excluding hydrogens is 338 g/mol. The van der Waals surface area contributed by atoms with Gasteiger partial charge in [0.2, 0.25) is 0 Å². The van der Waals surface area contributed by atoms with Crippen molar-refractivity contribution in [2.75, 3.05) is 0 Å². The molecule has 4 nitrogen and oxygen atoms in total. The zero-order chi connectivity index (χ0) is 18.5. The fourth-order valence-corrected chi connectivity index (χ4v) is 4.15. The Kier molecular flexibility index (Phi) is 3.41. The molecule has 0 radical (unpaired) electrons. The molecule has 0 bridgehead atoms. The average Bonchev–Trinajstić information content (AvgIpc) is 2.71. The van der Waals surface area contributed by atoms with Gasteiger partial charge in [0, 0.05) is 18.4 Å². The van der Waals surface area contributed by atoms with Crippen LogP contribution in [0.15, 0.2) is 71.5 Å². The standard InChI is InChI=1S/C23H17NO3/c1-24-19-12-5-4-10-17(19)22-21(23(24)26)18(13-20(25)27-22)16-11-6-8-14-7-2-3-9-15(14)16/h2-12,18H,13H2,1H3. The molecule has 0 amide bonds. The minimum atomic E-state index is -0.323. The Hall–Kier alpha value is -3.40. The largest absolute Gasteiger partial charge is 0.425 e. The van der Waals surface area contributed by atoms with Gasteiger partial charge in [0.1, 0.15) is 5.75 Å². The zero-order valence-electron chi connectivity index (χ0n) is 14.8. The van der Waals surface area contributed by atoms with Crippen LogP contribution in [-0.2, 0) is 11.8 Å². The molecule has 1 aliphatic rings. The van der Waals surface area contributed by atoms with Crippen LogP contribution in [0.3, 0.4) is 0 Å². The molecular formula is C23H17NO3. The third kappa shape index (κ3) is 2.30. The lowest BCUT2D eigenvalue weighted by atomic mass is 9.83. The lowest BCUT2D eigenvalue weighted by Crippen LogP contribution is -2.31. The fourth-order valence-electron chi connectivity index (χ4n) is 4.15. The van der Waals surface area contributed by atoms with Crippen molar-refractivity contribution in [3.05, 3.63) is 88.2 Å². The first kappa shape index (κ1) is 15.8. The van der Waals surface area contributed by atoms with Crippen molar-refractivity contribution in [2.45, 2.75) is 12.3 Å². The predicted octanol–water partition coefficient (Wildman–Crippen LogP) is 4.13. The van der Waals surface area contributed by atoms with Crippen LogP contribution in [0.1, 0.15) is 23.5 Å². The number of aryl methyl sites for hydroxylation is 1. The smallest absolute Gasteiger partial charge is 0.312 e. The molecule has 1 aromatic heterocycles. The summed E-state index contributed by atoms with van der Waals surface area (Å²) < 4.78 is 7.24. The van der Waals surface area contributed by atoms with Gasteiger partial charge >= 0.3 is 5.97 Å². The van der Waals surface area contributed by atoms with Gasteiger partial charge in [-0.25, -0.2) is 0 Å². The molecule has 5 rings (SSSR count). The summed E-state index contributed by atoms with van der Waals surface area (Å²) in [5.41, 5.74) is 2.19. The number of rotatable bonds is 1. The van der Waals surface area contributed by atoms with Crippen molar-refractivity contribution >= 4 is 27.6 Å². The quantitative estimate of drug-likeness (QED) is 0.482. The van der Waals surface area contributed by atoms with Crippen molar-refractivity contribution in [1.29, 1.82) is 0 Å². The molecule has 0 N–H and O–H groups in total. The number of carbonyl (C=O) groups excluding carboxylic acids is 1. The van der Waals surface area contributed by atoms with E-state index < -0.39 is 0 Å². The van der Waals surface area contributed by atoms with Crippen LogP contribution in [0.2, 0.25) is 0 Å². The Morgan fingerprint density at radius 2 is 1.59 bits per heavy atom. The van der Waals surface area contributed by atoms with Gasteiger partial charge in [-0.2, -0.15) is 0 Å². The monoisotopic (exact) mass is 355 g/mol. The number of pyridine rings is 1. The van der Waals surface area contributed by atoms with Gasteiger partial charge in [0.15, 0.2) is 0 Å². The van der Waals surface area contributed by atoms with Crippen molar-refractivity contribution in [1.82, 2.24) is 4.57 Å². The van der Waals surface area contributed by atoms with Gasteiger partial charge < -0.3 is 9.30 Å². The van der Waals surface area contributed by atoms with E-state index in [1.807, 2.05) is 66.7 Å². The van der Waals surface area contributed by atoms with E-state index in [1.54, 1.807) is 11.6 Å². The number of carbonyl (C=O) groups is 1. The van der Waals surface area contributed by atoms with Crippen LogP contribution >= 0.6 is 0 Å². The molecule has 4 aromatic rings. The number of esters is 1. The second kappa shape index (κ2) is 5.81. The van der Waals surface area contributed by atoms with E-state index in [4.69, 9.17) is 4.74 Å². The van der Waals surface area contributed by atoms with Gasteiger partial charge in [-0.05, 0) is 28.5 Å². The summed E-state index contributed by atoms with van der Waals surface area (Å²) in [7, 11) is 1.77. The number of hydrogen-bond donors (Lipinski definition) is 0. The number of para-hydroxylation sites is 1. The third-order valence-electron chi connectivity index (χ3n) is 5.42. The molecule has 0 saturated heterocycles. The Balaban J connectivity index is 1.88. The molecule has 0 saturated carbocycles. The molecule has 1 atom stereocenters. The van der Waals surface area contributed by atoms with Gasteiger partial charge in [-0.15, -0.1) is 0 Å². The van der Waals surface area contributed by atoms with Crippen LogP contribution in [0.4, 0.5) is 0 Å². The second-order valence-electron chi connectivity index (χ2n) is 6.92. The van der Waals surface area contributed by atoms with Crippen LogP contribution in [0.5, 0.6) is 5.75 Å². The van der Waals surface area contributed by atoms with Crippen LogP contribution < -0.4 is 10.3 Å². The zero-order valence-corrected chi connectivity index (χ0v) is 14.8. The highest BCUT2D eigenvalue weighted by atomic mass is 16.5. The van der Waals surface area contributed by atoms with E-state index in [2.05, 4.69) is 0 Å². The molecule has 27 heavy (non-hydrogen) atoms. The highest BCUT2D eigenvalue weighted by Gasteiger charge is 2.34. The summed E-state index contributed by atoms with van der Waals surface area (Å²) in [6.45, 7) is 0. The number of aromatic nitrogens is 1. The van der Waals surface area contributed by atoms with Gasteiger partial charge in [0.25, 0.3) is 5.56 Å². The molecule has 132 valence electrons. The third-order valence-corrected chi connectivity index (χ3v) is 5.42. The summed E-state index contributed by atoms with van der Waals surface area (Å²) >= 11 is 0. The van der Waals surface area contributed by atoms with Gasteiger partial charge in [-0.3, -0.25) is 9.59 Å². The van der Waals surface area contributed by atoms with Crippen molar-refractivity contribution < 1.29 is 9.53 Å². The second-order valence-corrected chi connectivity index (χ2v) is 6.92. The summed E-state index contributed by atoms with van der Waals surface area (Å²) in [5, 5.41) is 2.93. The molecule has 0 fully saturated rings. The maximum absolute atomic E-state index is 13.2. The van der Waals surface area contributed by atoms with Gasteiger partial charge in [0.05, 0.1) is 17.5 Å². The van der Waals surface area contributed by atoms with E-state index in [0.29, 0.717) is 11.3 Å². The minimum Gasteiger partial charge on any atom is -0.425 e. The summed E-state index contributed by atoms with van der Waals surface area (Å²) in [4.78, 5) is 25.7. The molecule has 4 heteroatoms. The van der Waals surface area contributed by atoms with Crippen LogP contribution in [0, 0.1) is 0 Å². The molecule has 1 unspecified atom stereocenters. The maximum atomic E-state index is 13.2. The number of benzene rings is 3. The van der Waals surface area contributed by atoms with E-state index in [0.717, 1.165) is 27.2 Å². The Bertz CT molecular complexity index is 1280. The van der Waals surface area contributed by atoms with E-state index in [9.17, 15) is 9.59 Å². The Morgan fingerprint density at radius 1 is 0.889 bits per heavy atom. The average molecular weight is 355 g/mol. The predicted molar refractivity (Wildman–Crippen MR) is 105 cm³/mol. The lowest BCUT2D eigenvalue weighted by molar-refractivity contribution is -0.135. The Labute approximate surface area is 155 Å². The van der Waals surface area contributed by atoms with Crippen molar-refractivity contribution in [2.24, 2.45) is 7.05 Å². The highest BCUT2D eigenvalue weighted by Crippen LogP contribution is 2.42. The molecule has 0 aliphatic carbocycles. The van der Waals surface area contributed by atoms with Crippen LogP contribution in [-0.4, -0.2) is 10.5 Å². The summed E-state index contributed by atoms with van der Waals surface area (Å²) in [5.74, 6) is -0.225. The number of ether oxygens (including phenoxy) is 1. The molecule has 3 aromatic carbocycles. The topological polar surface area (TPSA) is 48.3 Å². The SMILES string of the molecule is Cn1c(=O)c2c(c3ccccc31)OC(=O)CC2c1cccc2ccccc12. The summed E-state index contributed by atoms with van der Waals surface area (Å²) in [6.07, 6.45) is 0.161. The van der Waals surface area contributed by atoms with Crippen molar-refractivity contribution in [3.63, 3.8) is 0 Å². The number of hydrogen-bond acceptors (Lipinski definition) is 3. The van der Waals surface area contributed by atoms with Crippen LogP contribution in [0.25, 0.3) is 21.7 Å². The summed E-state index contributed by atoms with van der Waals surface area (Å²) in [6, 6.07) is 21.6. The first-order chi connectivity index (χ1) is 13.1. The maximum Gasteiger partial charge on any atom is 0.312 e. The first-order valence-electron chi connectivity index (χ1n) is 8.95. The van der Waals surface area contributed by atoms with E-state index >= 15 is 0 Å². The molecule has 2 heterocycles. The first-order valence-corrected chi connectivity index (χ1v) is 8.95.